The maximum atomic E-state index is 13.2. The van der Waals surface area contributed by atoms with Crippen LogP contribution in [0.4, 0.5) is 0 Å². The largest absolute Gasteiger partial charge is 0.507 e. The second kappa shape index (κ2) is 9.42. The van der Waals surface area contributed by atoms with Crippen molar-refractivity contribution in [3.63, 3.8) is 0 Å². The highest BCUT2D eigenvalue weighted by molar-refractivity contribution is 6.47. The highest BCUT2D eigenvalue weighted by Crippen LogP contribution is 2.42. The van der Waals surface area contributed by atoms with E-state index in [0.717, 1.165) is 16.5 Å². The number of Topliss-reactive ketones (excluding diaryl/α,β-unsaturated/α-hetero) is 1. The lowest BCUT2D eigenvalue weighted by Gasteiger charge is -2.26. The Hall–Kier alpha value is -3.25. The number of nitrogens with zero attached hydrogens (tertiary/aromatic N) is 1. The van der Waals surface area contributed by atoms with Crippen LogP contribution in [-0.2, 0) is 16.0 Å². The van der Waals surface area contributed by atoms with Gasteiger partial charge in [-0.15, -0.1) is 0 Å². The third-order valence-electron chi connectivity index (χ3n) is 6.21. The molecule has 1 saturated heterocycles. The second-order valence-corrected chi connectivity index (χ2v) is 9.55. The molecule has 3 aromatic carbocycles. The van der Waals surface area contributed by atoms with Crippen LogP contribution in [-0.4, -0.2) is 33.2 Å². The van der Waals surface area contributed by atoms with Crippen molar-refractivity contribution in [2.45, 2.75) is 12.5 Å². The Morgan fingerprint density at radius 1 is 0.943 bits per heavy atom. The Labute approximate surface area is 216 Å². The van der Waals surface area contributed by atoms with Gasteiger partial charge >= 0.3 is 0 Å². The zero-order chi connectivity index (χ0) is 24.7. The number of H-pyrrole nitrogens is 1. The van der Waals surface area contributed by atoms with Crippen LogP contribution in [0.1, 0.15) is 22.7 Å². The molecule has 0 spiro atoms. The van der Waals surface area contributed by atoms with Crippen molar-refractivity contribution in [1.29, 1.82) is 0 Å². The molecule has 176 valence electrons. The van der Waals surface area contributed by atoms with Crippen LogP contribution in [0.5, 0.6) is 0 Å². The maximum Gasteiger partial charge on any atom is 0.295 e. The maximum absolute atomic E-state index is 13.2. The first-order valence-corrected chi connectivity index (χ1v) is 12.0. The molecule has 1 unspecified atom stereocenters. The minimum absolute atomic E-state index is 0.0273. The molecule has 0 bridgehead atoms. The number of para-hydroxylation sites is 1. The molecule has 0 aliphatic carbocycles. The number of carbonyl (C=O) groups excluding carboxylic acids is 2. The molecule has 35 heavy (non-hydrogen) atoms. The number of aromatic amines is 1. The average Bonchev–Trinajstić information content (AvgIpc) is 3.36. The van der Waals surface area contributed by atoms with Crippen molar-refractivity contribution in [2.24, 2.45) is 0 Å². The van der Waals surface area contributed by atoms with Crippen LogP contribution in [0.2, 0.25) is 15.1 Å². The van der Waals surface area contributed by atoms with Gasteiger partial charge in [-0.3, -0.25) is 9.59 Å². The van der Waals surface area contributed by atoms with E-state index in [9.17, 15) is 14.7 Å². The minimum Gasteiger partial charge on any atom is -0.507 e. The first-order chi connectivity index (χ1) is 16.8. The summed E-state index contributed by atoms with van der Waals surface area (Å²) in [6.07, 6.45) is 2.40. The minimum atomic E-state index is -0.874. The van der Waals surface area contributed by atoms with Crippen molar-refractivity contribution in [3.05, 3.63) is 110 Å². The second-order valence-electron chi connectivity index (χ2n) is 8.27. The number of ketones is 1. The van der Waals surface area contributed by atoms with Crippen LogP contribution in [0.3, 0.4) is 0 Å². The van der Waals surface area contributed by atoms with E-state index in [1.807, 2.05) is 30.5 Å². The summed E-state index contributed by atoms with van der Waals surface area (Å²) < 4.78 is 0. The predicted octanol–water partition coefficient (Wildman–Crippen LogP) is 6.79. The van der Waals surface area contributed by atoms with E-state index in [0.29, 0.717) is 32.6 Å². The number of fused-ring (bicyclic) bond motifs is 1. The van der Waals surface area contributed by atoms with Gasteiger partial charge in [0.1, 0.15) is 5.76 Å². The van der Waals surface area contributed by atoms with Gasteiger partial charge in [0.25, 0.3) is 11.7 Å². The number of benzene rings is 3. The van der Waals surface area contributed by atoms with Crippen molar-refractivity contribution in [1.82, 2.24) is 9.88 Å². The van der Waals surface area contributed by atoms with E-state index in [4.69, 9.17) is 34.8 Å². The number of nitrogens with one attached hydrogen (secondary N) is 1. The van der Waals surface area contributed by atoms with Gasteiger partial charge in [-0.1, -0.05) is 59.1 Å². The van der Waals surface area contributed by atoms with Gasteiger partial charge < -0.3 is 15.0 Å². The highest BCUT2D eigenvalue weighted by Gasteiger charge is 2.46. The molecule has 1 aliphatic heterocycles. The normalized spacial score (nSPS) is 17.5. The third-order valence-corrected chi connectivity index (χ3v) is 7.03. The lowest BCUT2D eigenvalue weighted by Crippen LogP contribution is -2.31. The summed E-state index contributed by atoms with van der Waals surface area (Å²) in [5.41, 5.74) is 2.86. The standard InChI is InChI=1S/C27H19Cl3N2O3/c28-17-7-5-15(6-8-17)25(33)23-24(20-10-9-18(29)13-21(20)30)32(27(35)26(23)34)12-11-16-14-31-22-4-2-1-3-19(16)22/h1-10,13-14,24,31,33H,11-12H2/b25-23+. The number of hydrogen-bond donors (Lipinski definition) is 2. The van der Waals surface area contributed by atoms with Gasteiger partial charge in [-0.25, -0.2) is 0 Å². The fourth-order valence-corrected chi connectivity index (χ4v) is 5.14. The number of amides is 1. The van der Waals surface area contributed by atoms with Crippen LogP contribution >= 0.6 is 34.8 Å². The van der Waals surface area contributed by atoms with E-state index in [-0.39, 0.29) is 17.9 Å². The first kappa shape index (κ1) is 23.5. The number of hydrogen-bond acceptors (Lipinski definition) is 3. The summed E-state index contributed by atoms with van der Waals surface area (Å²) >= 11 is 18.6. The summed E-state index contributed by atoms with van der Waals surface area (Å²) in [5, 5.41) is 13.4. The van der Waals surface area contributed by atoms with Gasteiger partial charge in [-0.2, -0.15) is 0 Å². The molecular formula is C27H19Cl3N2O3. The van der Waals surface area contributed by atoms with E-state index >= 15 is 0 Å². The molecule has 1 fully saturated rings. The Morgan fingerprint density at radius 3 is 2.40 bits per heavy atom. The molecule has 1 atom stereocenters. The molecule has 2 N–H and O–H groups in total. The SMILES string of the molecule is O=C1C(=O)N(CCc2c[nH]c3ccccc23)C(c2ccc(Cl)cc2Cl)/C1=C(\O)c1ccc(Cl)cc1. The summed E-state index contributed by atoms with van der Waals surface area (Å²) in [7, 11) is 0. The van der Waals surface area contributed by atoms with Crippen LogP contribution < -0.4 is 0 Å². The Bertz CT molecular complexity index is 1490. The van der Waals surface area contributed by atoms with Gasteiger partial charge in [0.05, 0.1) is 11.6 Å². The summed E-state index contributed by atoms with van der Waals surface area (Å²) in [6, 6.07) is 18.3. The molecule has 5 nitrogen and oxygen atoms in total. The van der Waals surface area contributed by atoms with E-state index in [1.54, 1.807) is 42.5 Å². The third kappa shape index (κ3) is 4.31. The number of halogens is 3. The first-order valence-electron chi connectivity index (χ1n) is 10.9. The molecule has 1 aliphatic rings. The molecule has 2 heterocycles. The predicted molar refractivity (Wildman–Crippen MR) is 139 cm³/mol. The fraction of sp³-hybridized carbons (Fsp3) is 0.111. The monoisotopic (exact) mass is 524 g/mol. The summed E-state index contributed by atoms with van der Waals surface area (Å²) in [5.74, 6) is -1.76. The number of likely N-dealkylation sites (tertiary alicyclic amines) is 1. The van der Waals surface area contributed by atoms with E-state index in [1.165, 1.54) is 4.90 Å². The van der Waals surface area contributed by atoms with Crippen LogP contribution in [0.25, 0.3) is 16.7 Å². The van der Waals surface area contributed by atoms with Crippen LogP contribution in [0.15, 0.2) is 78.5 Å². The number of rotatable bonds is 5. The highest BCUT2D eigenvalue weighted by atomic mass is 35.5. The smallest absolute Gasteiger partial charge is 0.295 e. The fourth-order valence-electron chi connectivity index (χ4n) is 4.50. The quantitative estimate of drug-likeness (QED) is 0.171. The van der Waals surface area contributed by atoms with Gasteiger partial charge in [0, 0.05) is 44.3 Å². The van der Waals surface area contributed by atoms with Crippen molar-refractivity contribution >= 4 is 63.2 Å². The van der Waals surface area contributed by atoms with Gasteiger partial charge in [0.15, 0.2) is 0 Å². The molecule has 8 heteroatoms. The zero-order valence-corrected chi connectivity index (χ0v) is 20.5. The molecule has 1 amide bonds. The van der Waals surface area contributed by atoms with Crippen LogP contribution in [0, 0.1) is 0 Å². The molecule has 5 rings (SSSR count). The molecular weight excluding hydrogens is 507 g/mol. The summed E-state index contributed by atoms with van der Waals surface area (Å²) in [4.78, 5) is 31.1. The lowest BCUT2D eigenvalue weighted by atomic mass is 9.95. The Balaban J connectivity index is 1.59. The number of carbonyl (C=O) groups is 2. The van der Waals surface area contributed by atoms with Gasteiger partial charge in [0.2, 0.25) is 0 Å². The number of aliphatic hydroxyl groups excluding tert-OH is 1. The van der Waals surface area contributed by atoms with E-state index < -0.39 is 17.7 Å². The van der Waals surface area contributed by atoms with Crippen molar-refractivity contribution in [3.8, 4) is 0 Å². The van der Waals surface area contributed by atoms with E-state index in [2.05, 4.69) is 4.98 Å². The van der Waals surface area contributed by atoms with Gasteiger partial charge in [-0.05, 0) is 60.0 Å². The summed E-state index contributed by atoms with van der Waals surface area (Å²) in [6.45, 7) is 0.243. The van der Waals surface area contributed by atoms with Crippen molar-refractivity contribution < 1.29 is 14.7 Å². The van der Waals surface area contributed by atoms with Crippen molar-refractivity contribution in [2.75, 3.05) is 6.54 Å². The Morgan fingerprint density at radius 2 is 1.66 bits per heavy atom. The lowest BCUT2D eigenvalue weighted by molar-refractivity contribution is -0.139. The number of aliphatic hydroxyl groups is 1. The molecule has 0 saturated carbocycles. The Kier molecular flexibility index (Phi) is 6.32. The molecule has 1 aromatic heterocycles. The average molecular weight is 526 g/mol. The molecule has 0 radical (unpaired) electrons. The number of aromatic nitrogens is 1. The molecule has 4 aromatic rings. The zero-order valence-electron chi connectivity index (χ0n) is 18.3. The topological polar surface area (TPSA) is 73.4 Å².